The third-order valence-corrected chi connectivity index (χ3v) is 5.46. The molecule has 1 aromatic heterocycles. The number of amides is 1. The number of carbonyl (C=O) groups excluding carboxylic acids is 1. The van der Waals surface area contributed by atoms with E-state index in [-0.39, 0.29) is 5.91 Å². The van der Waals surface area contributed by atoms with Crippen LogP contribution in [-0.4, -0.2) is 16.6 Å². The maximum absolute atomic E-state index is 11.5. The molecule has 2 heterocycles. The highest BCUT2D eigenvalue weighted by molar-refractivity contribution is 8.04. The molecule has 104 valence electrons. The van der Waals surface area contributed by atoms with Crippen molar-refractivity contribution in [3.05, 3.63) is 33.6 Å². The zero-order valence-corrected chi connectivity index (χ0v) is 12.3. The van der Waals surface area contributed by atoms with E-state index in [4.69, 9.17) is 4.98 Å². The first-order chi connectivity index (χ1) is 9.81. The fourth-order valence-electron chi connectivity index (χ4n) is 3.43. The van der Waals surface area contributed by atoms with Crippen molar-refractivity contribution < 1.29 is 4.79 Å². The standard InChI is InChI=1S/C16H18N2OS/c19-14-9-20-16(18-14)12-6-3-5-11-8-10-4-1-2-7-13(10)17-15(11)12/h8H,1-7,9H2,(H,18,19)/b16-12+. The highest BCUT2D eigenvalue weighted by atomic mass is 32.2. The van der Waals surface area contributed by atoms with Gasteiger partial charge >= 0.3 is 0 Å². The summed E-state index contributed by atoms with van der Waals surface area (Å²) in [4.78, 5) is 16.4. The number of rotatable bonds is 0. The van der Waals surface area contributed by atoms with E-state index in [9.17, 15) is 4.79 Å². The second-order valence-corrected chi connectivity index (χ2v) is 6.79. The quantitative estimate of drug-likeness (QED) is 0.797. The fraction of sp³-hybridized carbons (Fsp3) is 0.500. The summed E-state index contributed by atoms with van der Waals surface area (Å²) in [7, 11) is 0. The van der Waals surface area contributed by atoms with Gasteiger partial charge in [-0.3, -0.25) is 9.78 Å². The number of allylic oxidation sites excluding steroid dienone is 1. The number of nitrogens with zero attached hydrogens (tertiary/aromatic N) is 1. The monoisotopic (exact) mass is 286 g/mol. The highest BCUT2D eigenvalue weighted by Crippen LogP contribution is 2.38. The molecule has 0 radical (unpaired) electrons. The van der Waals surface area contributed by atoms with Crippen molar-refractivity contribution in [2.24, 2.45) is 0 Å². The van der Waals surface area contributed by atoms with Gasteiger partial charge in [0.15, 0.2) is 0 Å². The average molecular weight is 286 g/mol. The lowest BCUT2D eigenvalue weighted by Crippen LogP contribution is -2.18. The molecule has 3 aliphatic rings. The summed E-state index contributed by atoms with van der Waals surface area (Å²) < 4.78 is 0. The molecule has 1 aromatic rings. The minimum Gasteiger partial charge on any atom is -0.320 e. The summed E-state index contributed by atoms with van der Waals surface area (Å²) in [6.07, 6.45) is 8.20. The molecule has 2 aliphatic carbocycles. The minimum absolute atomic E-state index is 0.127. The molecule has 1 saturated heterocycles. The Balaban J connectivity index is 1.82. The SMILES string of the molecule is O=C1CS/C(=C2\CCCc3cc4c(nc32)CCCC4)N1. The average Bonchev–Trinajstić information content (AvgIpc) is 2.91. The number of fused-ring (bicyclic) bond motifs is 2. The molecule has 0 atom stereocenters. The Morgan fingerprint density at radius 1 is 1.05 bits per heavy atom. The topological polar surface area (TPSA) is 42.0 Å². The van der Waals surface area contributed by atoms with E-state index in [2.05, 4.69) is 11.4 Å². The largest absolute Gasteiger partial charge is 0.320 e. The number of aryl methyl sites for hydroxylation is 3. The third kappa shape index (κ3) is 2.06. The molecule has 0 aromatic carbocycles. The van der Waals surface area contributed by atoms with Gasteiger partial charge in [0.1, 0.15) is 0 Å². The number of thioether (sulfide) groups is 1. The van der Waals surface area contributed by atoms with Crippen LogP contribution in [0.4, 0.5) is 0 Å². The van der Waals surface area contributed by atoms with Crippen LogP contribution in [0.2, 0.25) is 0 Å². The Hall–Kier alpha value is -1.29. The predicted octanol–water partition coefficient (Wildman–Crippen LogP) is 2.83. The van der Waals surface area contributed by atoms with Gasteiger partial charge in [0.05, 0.1) is 16.5 Å². The van der Waals surface area contributed by atoms with Gasteiger partial charge in [-0.15, -0.1) is 0 Å². The second kappa shape index (κ2) is 4.92. The van der Waals surface area contributed by atoms with Gasteiger partial charge in [0, 0.05) is 11.3 Å². The molecule has 3 nitrogen and oxygen atoms in total. The zero-order valence-electron chi connectivity index (χ0n) is 11.5. The molecule has 0 spiro atoms. The van der Waals surface area contributed by atoms with Gasteiger partial charge < -0.3 is 5.32 Å². The molecule has 20 heavy (non-hydrogen) atoms. The summed E-state index contributed by atoms with van der Waals surface area (Å²) in [5, 5.41) is 4.06. The Labute approximate surface area is 123 Å². The van der Waals surface area contributed by atoms with E-state index in [0.717, 1.165) is 24.3 Å². The molecule has 4 rings (SSSR count). The molecular weight excluding hydrogens is 268 g/mol. The van der Waals surface area contributed by atoms with Gasteiger partial charge in [0.2, 0.25) is 5.91 Å². The summed E-state index contributed by atoms with van der Waals surface area (Å²) >= 11 is 1.64. The molecule has 1 amide bonds. The Morgan fingerprint density at radius 2 is 1.90 bits per heavy atom. The van der Waals surface area contributed by atoms with Crippen molar-refractivity contribution in [3.8, 4) is 0 Å². The lowest BCUT2D eigenvalue weighted by Gasteiger charge is -2.24. The smallest absolute Gasteiger partial charge is 0.235 e. The van der Waals surface area contributed by atoms with Crippen LogP contribution >= 0.6 is 11.8 Å². The summed E-state index contributed by atoms with van der Waals surface area (Å²) in [6, 6.07) is 2.39. The normalized spacial score (nSPS) is 25.1. The van der Waals surface area contributed by atoms with Crippen molar-refractivity contribution in [2.45, 2.75) is 44.9 Å². The molecule has 0 unspecified atom stereocenters. The van der Waals surface area contributed by atoms with Crippen LogP contribution in [0.15, 0.2) is 11.1 Å². The second-order valence-electron chi connectivity index (χ2n) is 5.81. The van der Waals surface area contributed by atoms with E-state index in [0.29, 0.717) is 5.75 Å². The van der Waals surface area contributed by atoms with Gasteiger partial charge in [-0.2, -0.15) is 0 Å². The molecule has 1 N–H and O–H groups in total. The maximum Gasteiger partial charge on any atom is 0.235 e. The number of pyridine rings is 1. The van der Waals surface area contributed by atoms with Crippen LogP contribution in [0.3, 0.4) is 0 Å². The van der Waals surface area contributed by atoms with E-state index in [1.807, 2.05) is 0 Å². The number of aromatic nitrogens is 1. The van der Waals surface area contributed by atoms with E-state index in [1.165, 1.54) is 53.8 Å². The van der Waals surface area contributed by atoms with Crippen LogP contribution in [0.25, 0.3) is 5.57 Å². The highest BCUT2D eigenvalue weighted by Gasteiger charge is 2.26. The van der Waals surface area contributed by atoms with Crippen molar-refractivity contribution in [1.82, 2.24) is 10.3 Å². The van der Waals surface area contributed by atoms with Crippen LogP contribution in [0.1, 0.15) is 48.2 Å². The summed E-state index contributed by atoms with van der Waals surface area (Å²) in [5.74, 6) is 0.682. The Kier molecular flexibility index (Phi) is 3.06. The van der Waals surface area contributed by atoms with E-state index < -0.39 is 0 Å². The Morgan fingerprint density at radius 3 is 2.75 bits per heavy atom. The van der Waals surface area contributed by atoms with Crippen LogP contribution < -0.4 is 5.32 Å². The molecule has 1 fully saturated rings. The van der Waals surface area contributed by atoms with Gasteiger partial charge in [0.25, 0.3) is 0 Å². The first-order valence-electron chi connectivity index (χ1n) is 7.49. The number of hydrogen-bond acceptors (Lipinski definition) is 3. The lowest BCUT2D eigenvalue weighted by atomic mass is 9.87. The number of nitrogens with one attached hydrogen (secondary N) is 1. The molecule has 4 heteroatoms. The van der Waals surface area contributed by atoms with Crippen molar-refractivity contribution in [1.29, 1.82) is 0 Å². The summed E-state index contributed by atoms with van der Waals surface area (Å²) in [5.41, 5.74) is 6.59. The van der Waals surface area contributed by atoms with Crippen LogP contribution in [-0.2, 0) is 24.1 Å². The third-order valence-electron chi connectivity index (χ3n) is 4.41. The van der Waals surface area contributed by atoms with Crippen LogP contribution in [0.5, 0.6) is 0 Å². The fourth-order valence-corrected chi connectivity index (χ4v) is 4.33. The molecule has 0 saturated carbocycles. The Bertz CT molecular complexity index is 621. The predicted molar refractivity (Wildman–Crippen MR) is 81.3 cm³/mol. The van der Waals surface area contributed by atoms with Gasteiger partial charge in [-0.1, -0.05) is 17.8 Å². The van der Waals surface area contributed by atoms with E-state index >= 15 is 0 Å². The molecule has 0 bridgehead atoms. The molecular formula is C16H18N2OS. The first kappa shape index (κ1) is 12.5. The zero-order chi connectivity index (χ0) is 13.5. The van der Waals surface area contributed by atoms with Crippen molar-refractivity contribution in [2.75, 3.05) is 5.75 Å². The van der Waals surface area contributed by atoms with E-state index in [1.54, 1.807) is 11.8 Å². The lowest BCUT2D eigenvalue weighted by molar-refractivity contribution is -0.117. The molecule has 1 aliphatic heterocycles. The van der Waals surface area contributed by atoms with Crippen molar-refractivity contribution in [3.63, 3.8) is 0 Å². The van der Waals surface area contributed by atoms with Crippen molar-refractivity contribution >= 4 is 23.2 Å². The maximum atomic E-state index is 11.5. The number of hydrogen-bond donors (Lipinski definition) is 1. The minimum atomic E-state index is 0.127. The summed E-state index contributed by atoms with van der Waals surface area (Å²) in [6.45, 7) is 0. The number of carbonyl (C=O) groups is 1. The van der Waals surface area contributed by atoms with Gasteiger partial charge in [-0.05, 0) is 56.1 Å². The van der Waals surface area contributed by atoms with Gasteiger partial charge in [-0.25, -0.2) is 0 Å². The van der Waals surface area contributed by atoms with Crippen LogP contribution in [0, 0.1) is 0 Å². The first-order valence-corrected chi connectivity index (χ1v) is 8.47.